The summed E-state index contributed by atoms with van der Waals surface area (Å²) >= 11 is 0. The van der Waals surface area contributed by atoms with Gasteiger partial charge in [-0.1, -0.05) is 63.9 Å². The molecule has 0 spiro atoms. The maximum Gasteiger partial charge on any atom is 0.308 e. The molecule has 1 aromatic carbocycles. The van der Waals surface area contributed by atoms with Crippen molar-refractivity contribution in [1.29, 1.82) is 0 Å². The predicted octanol–water partition coefficient (Wildman–Crippen LogP) is 6.73. The molecule has 0 heterocycles. The molecule has 2 fully saturated rings. The van der Waals surface area contributed by atoms with Crippen molar-refractivity contribution in [2.24, 2.45) is 29.1 Å². The summed E-state index contributed by atoms with van der Waals surface area (Å²) < 4.78 is 17.6. The zero-order valence-corrected chi connectivity index (χ0v) is 22.1. The van der Waals surface area contributed by atoms with Crippen LogP contribution in [0.3, 0.4) is 0 Å². The fraction of sp³-hybridized carbons (Fsp3) is 0.733. The lowest BCUT2D eigenvalue weighted by atomic mass is 9.81. The number of ether oxygens (including phenoxy) is 3. The number of benzene rings is 1. The molecule has 0 N–H and O–H groups in total. The molecule has 1 aromatic rings. The lowest BCUT2D eigenvalue weighted by Crippen LogP contribution is -2.38. The molecule has 2 aliphatic rings. The topological polar surface area (TPSA) is 61.8 Å². The van der Waals surface area contributed by atoms with E-state index in [-0.39, 0.29) is 37.0 Å². The summed E-state index contributed by atoms with van der Waals surface area (Å²) in [6, 6.07) is 10.0. The summed E-state index contributed by atoms with van der Waals surface area (Å²) in [5, 5.41) is 0. The van der Waals surface area contributed by atoms with Gasteiger partial charge >= 0.3 is 11.9 Å². The highest BCUT2D eigenvalue weighted by molar-refractivity contribution is 5.73. The van der Waals surface area contributed by atoms with Gasteiger partial charge in [-0.25, -0.2) is 0 Å². The van der Waals surface area contributed by atoms with Crippen LogP contribution in [0.4, 0.5) is 0 Å². The van der Waals surface area contributed by atoms with Gasteiger partial charge in [0, 0.05) is 0 Å². The van der Waals surface area contributed by atoms with Crippen LogP contribution in [-0.4, -0.2) is 31.8 Å². The average molecular weight is 487 g/mol. The monoisotopic (exact) mass is 486 g/mol. The van der Waals surface area contributed by atoms with E-state index in [9.17, 15) is 9.59 Å². The Kier molecular flexibility index (Phi) is 11.1. The molecular weight excluding hydrogens is 440 g/mol. The van der Waals surface area contributed by atoms with E-state index in [1.54, 1.807) is 0 Å². The van der Waals surface area contributed by atoms with Crippen LogP contribution < -0.4 is 0 Å². The second-order valence-corrected chi connectivity index (χ2v) is 11.3. The summed E-state index contributed by atoms with van der Waals surface area (Å²) in [4.78, 5) is 25.6. The minimum atomic E-state index is -0.582. The van der Waals surface area contributed by atoms with Gasteiger partial charge < -0.3 is 14.2 Å². The Labute approximate surface area is 212 Å². The van der Waals surface area contributed by atoms with E-state index in [4.69, 9.17) is 14.2 Å². The zero-order valence-electron chi connectivity index (χ0n) is 22.1. The van der Waals surface area contributed by atoms with Crippen molar-refractivity contribution in [3.63, 3.8) is 0 Å². The van der Waals surface area contributed by atoms with Gasteiger partial charge in [-0.3, -0.25) is 9.59 Å². The first kappa shape index (κ1) is 27.7. The molecule has 5 heteroatoms. The molecule has 0 radical (unpaired) electrons. The van der Waals surface area contributed by atoms with E-state index in [1.165, 1.54) is 12.8 Å². The minimum absolute atomic E-state index is 0.0106. The Morgan fingerprint density at radius 1 is 0.743 bits per heavy atom. The highest BCUT2D eigenvalue weighted by Gasteiger charge is 2.34. The van der Waals surface area contributed by atoms with Crippen LogP contribution in [-0.2, 0) is 30.4 Å². The number of hydrogen-bond donors (Lipinski definition) is 0. The van der Waals surface area contributed by atoms with Crippen molar-refractivity contribution in [3.05, 3.63) is 35.9 Å². The van der Waals surface area contributed by atoms with E-state index in [1.807, 2.05) is 37.3 Å². The van der Waals surface area contributed by atoms with E-state index in [0.29, 0.717) is 13.2 Å². The van der Waals surface area contributed by atoms with E-state index in [0.717, 1.165) is 68.8 Å². The predicted molar refractivity (Wildman–Crippen MR) is 138 cm³/mol. The highest BCUT2D eigenvalue weighted by atomic mass is 16.6. The van der Waals surface area contributed by atoms with E-state index < -0.39 is 5.41 Å². The molecule has 0 amide bonds. The maximum absolute atomic E-state index is 12.8. The van der Waals surface area contributed by atoms with Gasteiger partial charge in [-0.05, 0) is 68.8 Å². The first-order valence-corrected chi connectivity index (χ1v) is 13.9. The van der Waals surface area contributed by atoms with Crippen molar-refractivity contribution in [2.75, 3.05) is 19.8 Å². The van der Waals surface area contributed by atoms with Gasteiger partial charge in [0.1, 0.15) is 13.2 Å². The lowest BCUT2D eigenvalue weighted by molar-refractivity contribution is -0.163. The van der Waals surface area contributed by atoms with Crippen molar-refractivity contribution in [2.45, 2.75) is 91.6 Å². The highest BCUT2D eigenvalue weighted by Crippen LogP contribution is 2.33. The molecule has 3 rings (SSSR count). The molecule has 0 unspecified atom stereocenters. The van der Waals surface area contributed by atoms with Crippen LogP contribution in [0.25, 0.3) is 0 Å². The van der Waals surface area contributed by atoms with Gasteiger partial charge in [0.15, 0.2) is 0 Å². The molecule has 0 aromatic heterocycles. The van der Waals surface area contributed by atoms with Crippen LogP contribution in [0, 0.1) is 29.1 Å². The normalized spacial score (nSPS) is 26.5. The van der Waals surface area contributed by atoms with Crippen molar-refractivity contribution in [1.82, 2.24) is 0 Å². The van der Waals surface area contributed by atoms with Gasteiger partial charge in [0.2, 0.25) is 0 Å². The molecule has 2 aliphatic carbocycles. The number of hydrogen-bond acceptors (Lipinski definition) is 5. The molecule has 2 saturated carbocycles. The van der Waals surface area contributed by atoms with Crippen molar-refractivity contribution in [3.8, 4) is 0 Å². The number of rotatable bonds is 12. The van der Waals surface area contributed by atoms with E-state index in [2.05, 4.69) is 13.8 Å². The van der Waals surface area contributed by atoms with Crippen LogP contribution in [0.15, 0.2) is 30.3 Å². The smallest absolute Gasteiger partial charge is 0.308 e. The standard InChI is InChI=1S/C30H46O5/c1-4-23-11-15-26(16-12-23)28(31)34-21-30(3,20-33-19-25-9-7-6-8-10-25)22-35-29(32)27-17-13-24(5-2)14-18-27/h6-10,23-24,26-27H,4-5,11-22H2,1-3H3. The molecule has 0 aliphatic heterocycles. The Balaban J connectivity index is 1.52. The van der Waals surface area contributed by atoms with Crippen LogP contribution in [0.2, 0.25) is 0 Å². The first-order valence-electron chi connectivity index (χ1n) is 13.9. The third-order valence-electron chi connectivity index (χ3n) is 8.20. The molecular formula is C30H46O5. The number of carbonyl (C=O) groups is 2. The molecule has 35 heavy (non-hydrogen) atoms. The molecule has 0 atom stereocenters. The van der Waals surface area contributed by atoms with Gasteiger partial charge in [-0.2, -0.15) is 0 Å². The largest absolute Gasteiger partial charge is 0.465 e. The SMILES string of the molecule is CCC1CCC(C(=O)OCC(C)(COCc2ccccc2)COC(=O)C2CCC(CC)CC2)CC1. The van der Waals surface area contributed by atoms with Crippen LogP contribution in [0.5, 0.6) is 0 Å². The van der Waals surface area contributed by atoms with Gasteiger partial charge in [-0.15, -0.1) is 0 Å². The summed E-state index contributed by atoms with van der Waals surface area (Å²) in [6.07, 6.45) is 10.4. The number of carbonyl (C=O) groups excluding carboxylic acids is 2. The minimum Gasteiger partial charge on any atom is -0.465 e. The third-order valence-corrected chi connectivity index (χ3v) is 8.20. The third kappa shape index (κ3) is 8.93. The fourth-order valence-electron chi connectivity index (χ4n) is 5.45. The van der Waals surface area contributed by atoms with Gasteiger partial charge in [0.05, 0.1) is 30.5 Å². The Morgan fingerprint density at radius 2 is 1.20 bits per heavy atom. The summed E-state index contributed by atoms with van der Waals surface area (Å²) in [5.74, 6) is 1.23. The summed E-state index contributed by atoms with van der Waals surface area (Å²) in [7, 11) is 0. The molecule has 5 nitrogen and oxygen atoms in total. The molecule has 0 saturated heterocycles. The Bertz CT molecular complexity index is 720. The second-order valence-electron chi connectivity index (χ2n) is 11.3. The summed E-state index contributed by atoms with van der Waals surface area (Å²) in [5.41, 5.74) is 0.505. The summed E-state index contributed by atoms with van der Waals surface area (Å²) in [6.45, 7) is 7.66. The zero-order chi connectivity index (χ0) is 25.1. The van der Waals surface area contributed by atoms with E-state index >= 15 is 0 Å². The lowest BCUT2D eigenvalue weighted by Gasteiger charge is -2.32. The van der Waals surface area contributed by atoms with Crippen LogP contribution in [0.1, 0.15) is 90.5 Å². The molecule has 196 valence electrons. The second kappa shape index (κ2) is 14.0. The quantitative estimate of drug-likeness (QED) is 0.307. The molecule has 0 bridgehead atoms. The van der Waals surface area contributed by atoms with Gasteiger partial charge in [0.25, 0.3) is 0 Å². The Hall–Kier alpha value is -1.88. The number of esters is 2. The average Bonchev–Trinajstić information content (AvgIpc) is 2.91. The first-order chi connectivity index (χ1) is 16.9. The maximum atomic E-state index is 12.8. The van der Waals surface area contributed by atoms with Crippen molar-refractivity contribution < 1.29 is 23.8 Å². The van der Waals surface area contributed by atoms with Crippen molar-refractivity contribution >= 4 is 11.9 Å². The fourth-order valence-corrected chi connectivity index (χ4v) is 5.45. The van der Waals surface area contributed by atoms with Crippen LogP contribution >= 0.6 is 0 Å². The Morgan fingerprint density at radius 3 is 1.63 bits per heavy atom.